The van der Waals surface area contributed by atoms with Crippen molar-refractivity contribution in [3.63, 3.8) is 0 Å². The van der Waals surface area contributed by atoms with E-state index in [1.807, 2.05) is 12.1 Å². The van der Waals surface area contributed by atoms with E-state index in [9.17, 15) is 4.79 Å². The Morgan fingerprint density at radius 2 is 2.29 bits per heavy atom. The summed E-state index contributed by atoms with van der Waals surface area (Å²) < 4.78 is 0. The second kappa shape index (κ2) is 5.71. The highest BCUT2D eigenvalue weighted by Gasteiger charge is 2.23. The number of unbranched alkanes of at least 4 members (excludes halogenated alkanes) is 1. The van der Waals surface area contributed by atoms with Crippen LogP contribution in [0.3, 0.4) is 0 Å². The van der Waals surface area contributed by atoms with Gasteiger partial charge in [0.2, 0.25) is 5.91 Å². The minimum atomic E-state index is 0.0711. The van der Waals surface area contributed by atoms with Crippen molar-refractivity contribution in [2.45, 2.75) is 26.2 Å². The number of rotatable bonds is 4. The Labute approximate surface area is 103 Å². The van der Waals surface area contributed by atoms with Gasteiger partial charge in [0, 0.05) is 18.8 Å². The highest BCUT2D eigenvalue weighted by atomic mass is 16.1. The zero-order valence-electron chi connectivity index (χ0n) is 10.3. The molecule has 2 N–H and O–H groups in total. The lowest BCUT2D eigenvalue weighted by atomic mass is 9.93. The van der Waals surface area contributed by atoms with Gasteiger partial charge in [-0.3, -0.25) is 4.79 Å². The lowest BCUT2D eigenvalue weighted by Gasteiger charge is -2.25. The van der Waals surface area contributed by atoms with Gasteiger partial charge in [-0.15, -0.1) is 0 Å². The van der Waals surface area contributed by atoms with Gasteiger partial charge in [0.15, 0.2) is 0 Å². The molecule has 0 unspecified atom stereocenters. The fraction of sp³-hybridized carbons (Fsp3) is 0.500. The van der Waals surface area contributed by atoms with Gasteiger partial charge in [-0.05, 0) is 24.5 Å². The molecule has 0 aromatic heterocycles. The highest BCUT2D eigenvalue weighted by Crippen LogP contribution is 2.24. The van der Waals surface area contributed by atoms with Gasteiger partial charge in [-0.25, -0.2) is 0 Å². The van der Waals surface area contributed by atoms with E-state index in [2.05, 4.69) is 29.7 Å². The molecular weight excluding hydrogens is 212 g/mol. The van der Waals surface area contributed by atoms with E-state index in [-0.39, 0.29) is 11.8 Å². The molecule has 1 aromatic carbocycles. The first-order chi connectivity index (χ1) is 8.31. The summed E-state index contributed by atoms with van der Waals surface area (Å²) in [5.74, 6) is 0.252. The Hall–Kier alpha value is -1.51. The maximum Gasteiger partial charge on any atom is 0.225 e. The van der Waals surface area contributed by atoms with Crippen LogP contribution >= 0.6 is 0 Å². The number of fused-ring (bicyclic) bond motifs is 1. The standard InChI is InChI=1S/C14H20N2O/c1-2-3-8-15-14(17)12-9-11-6-4-5-7-13(11)16-10-12/h4-7,12,16H,2-3,8-10H2,1H3,(H,15,17)/t12-/m0/s1. The Morgan fingerprint density at radius 3 is 3.12 bits per heavy atom. The van der Waals surface area contributed by atoms with Crippen LogP contribution in [0.25, 0.3) is 0 Å². The molecule has 0 fully saturated rings. The lowest BCUT2D eigenvalue weighted by molar-refractivity contribution is -0.124. The van der Waals surface area contributed by atoms with Crippen molar-refractivity contribution >= 4 is 11.6 Å². The minimum absolute atomic E-state index is 0.0711. The predicted octanol–water partition coefficient (Wildman–Crippen LogP) is 2.19. The molecule has 3 heteroatoms. The smallest absolute Gasteiger partial charge is 0.225 e. The van der Waals surface area contributed by atoms with Crippen LogP contribution in [0.4, 0.5) is 5.69 Å². The Kier molecular flexibility index (Phi) is 4.02. The molecule has 0 saturated carbocycles. The lowest BCUT2D eigenvalue weighted by Crippen LogP contribution is -2.38. The largest absolute Gasteiger partial charge is 0.384 e. The number of benzene rings is 1. The van der Waals surface area contributed by atoms with E-state index in [0.29, 0.717) is 0 Å². The number of hydrogen-bond donors (Lipinski definition) is 2. The molecule has 1 amide bonds. The molecule has 1 atom stereocenters. The van der Waals surface area contributed by atoms with Crippen LogP contribution in [0.5, 0.6) is 0 Å². The van der Waals surface area contributed by atoms with Crippen molar-refractivity contribution < 1.29 is 4.79 Å². The molecule has 1 aromatic rings. The zero-order valence-corrected chi connectivity index (χ0v) is 10.3. The number of amides is 1. The molecule has 0 saturated heterocycles. The van der Waals surface area contributed by atoms with Crippen molar-refractivity contribution in [3.8, 4) is 0 Å². The van der Waals surface area contributed by atoms with Gasteiger partial charge in [0.25, 0.3) is 0 Å². The second-order valence-corrected chi connectivity index (χ2v) is 4.58. The predicted molar refractivity (Wildman–Crippen MR) is 70.0 cm³/mol. The average Bonchev–Trinajstić information content (AvgIpc) is 2.38. The second-order valence-electron chi connectivity index (χ2n) is 4.58. The fourth-order valence-electron chi connectivity index (χ4n) is 2.16. The first-order valence-corrected chi connectivity index (χ1v) is 6.40. The molecule has 2 rings (SSSR count). The van der Waals surface area contributed by atoms with E-state index < -0.39 is 0 Å². The molecule has 3 nitrogen and oxygen atoms in total. The molecule has 0 aliphatic carbocycles. The number of hydrogen-bond acceptors (Lipinski definition) is 2. The normalized spacial score (nSPS) is 18.1. The molecular formula is C14H20N2O. The molecule has 1 aliphatic heterocycles. The summed E-state index contributed by atoms with van der Waals surface area (Å²) in [5.41, 5.74) is 2.42. The van der Waals surface area contributed by atoms with Crippen LogP contribution in [-0.2, 0) is 11.2 Å². The summed E-state index contributed by atoms with van der Waals surface area (Å²) in [6, 6.07) is 8.21. The Morgan fingerprint density at radius 1 is 1.47 bits per heavy atom. The Bertz CT molecular complexity index is 390. The van der Waals surface area contributed by atoms with Gasteiger partial charge in [0.05, 0.1) is 5.92 Å². The van der Waals surface area contributed by atoms with E-state index >= 15 is 0 Å². The molecule has 1 heterocycles. The van der Waals surface area contributed by atoms with Crippen LogP contribution in [0.1, 0.15) is 25.3 Å². The number of carbonyl (C=O) groups is 1. The van der Waals surface area contributed by atoms with Crippen molar-refractivity contribution in [1.82, 2.24) is 5.32 Å². The summed E-state index contributed by atoms with van der Waals surface area (Å²) in [6.45, 7) is 3.67. The van der Waals surface area contributed by atoms with E-state index in [0.717, 1.165) is 32.4 Å². The third-order valence-electron chi connectivity index (χ3n) is 3.22. The van der Waals surface area contributed by atoms with Crippen molar-refractivity contribution in [3.05, 3.63) is 29.8 Å². The summed E-state index contributed by atoms with van der Waals surface area (Å²) in [6.07, 6.45) is 3.02. The molecule has 17 heavy (non-hydrogen) atoms. The number of carbonyl (C=O) groups excluding carboxylic acids is 1. The maximum absolute atomic E-state index is 11.9. The first kappa shape index (κ1) is 12.0. The molecule has 0 bridgehead atoms. The van der Waals surface area contributed by atoms with Gasteiger partial charge in [-0.2, -0.15) is 0 Å². The van der Waals surface area contributed by atoms with Gasteiger partial charge in [0.1, 0.15) is 0 Å². The summed E-state index contributed by atoms with van der Waals surface area (Å²) >= 11 is 0. The van der Waals surface area contributed by atoms with Gasteiger partial charge in [-0.1, -0.05) is 31.5 Å². The zero-order chi connectivity index (χ0) is 12.1. The summed E-state index contributed by atoms with van der Waals surface area (Å²) in [4.78, 5) is 11.9. The fourth-order valence-corrected chi connectivity index (χ4v) is 2.16. The third-order valence-corrected chi connectivity index (χ3v) is 3.22. The average molecular weight is 232 g/mol. The first-order valence-electron chi connectivity index (χ1n) is 6.40. The minimum Gasteiger partial charge on any atom is -0.384 e. The van der Waals surface area contributed by atoms with E-state index in [1.54, 1.807) is 0 Å². The molecule has 0 spiro atoms. The van der Waals surface area contributed by atoms with Crippen LogP contribution in [0, 0.1) is 5.92 Å². The summed E-state index contributed by atoms with van der Waals surface area (Å²) in [5, 5.41) is 6.33. The van der Waals surface area contributed by atoms with Crippen LogP contribution in [0.15, 0.2) is 24.3 Å². The number of nitrogens with one attached hydrogen (secondary N) is 2. The SMILES string of the molecule is CCCCNC(=O)[C@@H]1CNc2ccccc2C1. The van der Waals surface area contributed by atoms with Crippen molar-refractivity contribution in [2.75, 3.05) is 18.4 Å². The topological polar surface area (TPSA) is 41.1 Å². The van der Waals surface area contributed by atoms with Crippen LogP contribution in [-0.4, -0.2) is 19.0 Å². The molecule has 92 valence electrons. The number of anilines is 1. The summed E-state index contributed by atoms with van der Waals surface area (Å²) in [7, 11) is 0. The monoisotopic (exact) mass is 232 g/mol. The quantitative estimate of drug-likeness (QED) is 0.781. The van der Waals surface area contributed by atoms with Gasteiger partial charge >= 0.3 is 0 Å². The van der Waals surface area contributed by atoms with E-state index in [1.165, 1.54) is 11.3 Å². The van der Waals surface area contributed by atoms with Crippen molar-refractivity contribution in [1.29, 1.82) is 0 Å². The highest BCUT2D eigenvalue weighted by molar-refractivity contribution is 5.80. The van der Waals surface area contributed by atoms with Crippen LogP contribution in [0.2, 0.25) is 0 Å². The number of para-hydroxylation sites is 1. The van der Waals surface area contributed by atoms with Gasteiger partial charge < -0.3 is 10.6 Å². The third kappa shape index (κ3) is 2.99. The molecule has 1 aliphatic rings. The maximum atomic E-state index is 11.9. The Balaban J connectivity index is 1.91. The van der Waals surface area contributed by atoms with Crippen LogP contribution < -0.4 is 10.6 Å². The molecule has 0 radical (unpaired) electrons. The van der Waals surface area contributed by atoms with E-state index in [4.69, 9.17) is 0 Å². The van der Waals surface area contributed by atoms with Crippen molar-refractivity contribution in [2.24, 2.45) is 5.92 Å².